The molecule has 2 rings (SSSR count). The molecule has 1 aromatic carbocycles. The van der Waals surface area contributed by atoms with Crippen molar-refractivity contribution in [2.75, 3.05) is 13.1 Å². The fourth-order valence-electron chi connectivity index (χ4n) is 1.95. The average Bonchev–Trinajstić information content (AvgIpc) is 2.96. The molecule has 0 atom stereocenters. The van der Waals surface area contributed by atoms with E-state index in [0.717, 1.165) is 0 Å². The Kier molecular flexibility index (Phi) is 5.28. The molecule has 0 spiro atoms. The Morgan fingerprint density at radius 2 is 1.90 bits per heavy atom. The SMILES string of the molecule is CCN(CC)C(=O)c1ccc(COc2ccccc2Cl)o1. The highest BCUT2D eigenvalue weighted by molar-refractivity contribution is 6.32. The first-order chi connectivity index (χ1) is 10.2. The van der Waals surface area contributed by atoms with Gasteiger partial charge in [-0.1, -0.05) is 23.7 Å². The van der Waals surface area contributed by atoms with Crippen LogP contribution in [-0.2, 0) is 6.61 Å². The van der Waals surface area contributed by atoms with Crippen LogP contribution in [0.2, 0.25) is 5.02 Å². The molecule has 0 fully saturated rings. The van der Waals surface area contributed by atoms with Gasteiger partial charge < -0.3 is 14.1 Å². The molecule has 0 N–H and O–H groups in total. The molecule has 0 aliphatic rings. The lowest BCUT2D eigenvalue weighted by Gasteiger charge is -2.16. The first-order valence-corrected chi connectivity index (χ1v) is 7.28. The van der Waals surface area contributed by atoms with Crippen LogP contribution in [-0.4, -0.2) is 23.9 Å². The number of furan rings is 1. The van der Waals surface area contributed by atoms with E-state index in [9.17, 15) is 4.79 Å². The summed E-state index contributed by atoms with van der Waals surface area (Å²) in [4.78, 5) is 13.8. The summed E-state index contributed by atoms with van der Waals surface area (Å²) < 4.78 is 11.1. The summed E-state index contributed by atoms with van der Waals surface area (Å²) in [6, 6.07) is 10.6. The van der Waals surface area contributed by atoms with Crippen LogP contribution in [0.15, 0.2) is 40.8 Å². The molecule has 2 aromatic rings. The van der Waals surface area contributed by atoms with Gasteiger partial charge in [-0.2, -0.15) is 0 Å². The van der Waals surface area contributed by atoms with Crippen LogP contribution in [0.4, 0.5) is 0 Å². The van der Waals surface area contributed by atoms with Crippen LogP contribution in [0, 0.1) is 0 Å². The third-order valence-corrected chi connectivity index (χ3v) is 3.44. The molecule has 0 aliphatic heterocycles. The highest BCUT2D eigenvalue weighted by Crippen LogP contribution is 2.24. The Labute approximate surface area is 129 Å². The summed E-state index contributed by atoms with van der Waals surface area (Å²) in [5, 5.41) is 0.545. The van der Waals surface area contributed by atoms with Crippen LogP contribution >= 0.6 is 11.6 Å². The molecule has 21 heavy (non-hydrogen) atoms. The number of nitrogens with zero attached hydrogens (tertiary/aromatic N) is 1. The molecule has 5 heteroatoms. The molecule has 1 heterocycles. The van der Waals surface area contributed by atoms with Crippen molar-refractivity contribution < 1.29 is 13.9 Å². The summed E-state index contributed by atoms with van der Waals surface area (Å²) in [6.07, 6.45) is 0. The second kappa shape index (κ2) is 7.18. The fourth-order valence-corrected chi connectivity index (χ4v) is 2.14. The van der Waals surface area contributed by atoms with Gasteiger partial charge in [0.25, 0.3) is 5.91 Å². The van der Waals surface area contributed by atoms with Crippen molar-refractivity contribution in [2.24, 2.45) is 0 Å². The zero-order chi connectivity index (χ0) is 15.2. The van der Waals surface area contributed by atoms with E-state index < -0.39 is 0 Å². The quantitative estimate of drug-likeness (QED) is 0.810. The van der Waals surface area contributed by atoms with E-state index >= 15 is 0 Å². The van der Waals surface area contributed by atoms with Gasteiger partial charge in [-0.05, 0) is 38.1 Å². The standard InChI is InChI=1S/C16H18ClNO3/c1-3-18(4-2)16(19)15-10-9-12(21-15)11-20-14-8-6-5-7-13(14)17/h5-10H,3-4,11H2,1-2H3. The summed E-state index contributed by atoms with van der Waals surface area (Å²) in [5.41, 5.74) is 0. The van der Waals surface area contributed by atoms with Crippen LogP contribution < -0.4 is 4.74 Å². The maximum absolute atomic E-state index is 12.1. The van der Waals surface area contributed by atoms with Crippen LogP contribution in [0.25, 0.3) is 0 Å². The Hall–Kier alpha value is -1.94. The minimum Gasteiger partial charge on any atom is -0.484 e. The van der Waals surface area contributed by atoms with Crippen molar-refractivity contribution in [3.05, 3.63) is 52.9 Å². The minimum absolute atomic E-state index is 0.107. The van der Waals surface area contributed by atoms with Gasteiger partial charge in [0.05, 0.1) is 5.02 Å². The number of para-hydroxylation sites is 1. The summed E-state index contributed by atoms with van der Waals surface area (Å²) in [7, 11) is 0. The van der Waals surface area contributed by atoms with E-state index in [1.807, 2.05) is 26.0 Å². The minimum atomic E-state index is -0.107. The number of ether oxygens (including phenoxy) is 1. The third kappa shape index (κ3) is 3.79. The van der Waals surface area contributed by atoms with Crippen LogP contribution in [0.5, 0.6) is 5.75 Å². The lowest BCUT2D eigenvalue weighted by Crippen LogP contribution is -2.30. The van der Waals surface area contributed by atoms with Gasteiger partial charge in [0.2, 0.25) is 0 Å². The van der Waals surface area contributed by atoms with Crippen molar-refractivity contribution in [3.63, 3.8) is 0 Å². The number of carbonyl (C=O) groups is 1. The maximum Gasteiger partial charge on any atom is 0.289 e. The van der Waals surface area contributed by atoms with E-state index in [0.29, 0.717) is 35.4 Å². The van der Waals surface area contributed by atoms with Crippen molar-refractivity contribution >= 4 is 17.5 Å². The van der Waals surface area contributed by atoms with E-state index in [-0.39, 0.29) is 12.5 Å². The number of halogens is 1. The molecule has 0 saturated heterocycles. The highest BCUT2D eigenvalue weighted by atomic mass is 35.5. The Morgan fingerprint density at radius 3 is 2.57 bits per heavy atom. The van der Waals surface area contributed by atoms with Gasteiger partial charge in [-0.3, -0.25) is 4.79 Å². The van der Waals surface area contributed by atoms with E-state index in [1.54, 1.807) is 29.2 Å². The molecule has 1 aromatic heterocycles. The molecule has 0 bridgehead atoms. The molecule has 0 saturated carbocycles. The first-order valence-electron chi connectivity index (χ1n) is 6.91. The zero-order valence-electron chi connectivity index (χ0n) is 12.1. The molecular formula is C16H18ClNO3. The van der Waals surface area contributed by atoms with E-state index in [1.165, 1.54) is 0 Å². The van der Waals surface area contributed by atoms with E-state index in [2.05, 4.69) is 0 Å². The van der Waals surface area contributed by atoms with Gasteiger partial charge in [-0.15, -0.1) is 0 Å². The maximum atomic E-state index is 12.1. The van der Waals surface area contributed by atoms with Gasteiger partial charge in [0.15, 0.2) is 5.76 Å². The lowest BCUT2D eigenvalue weighted by molar-refractivity contribution is 0.0737. The molecule has 1 amide bonds. The predicted octanol–water partition coefficient (Wildman–Crippen LogP) is 3.99. The second-order valence-corrected chi connectivity index (χ2v) is 4.87. The van der Waals surface area contributed by atoms with Gasteiger partial charge in [0.1, 0.15) is 18.1 Å². The normalized spacial score (nSPS) is 10.4. The van der Waals surface area contributed by atoms with Crippen LogP contribution in [0.3, 0.4) is 0 Å². The Balaban J connectivity index is 2.00. The number of carbonyl (C=O) groups excluding carboxylic acids is 1. The van der Waals surface area contributed by atoms with Crippen molar-refractivity contribution in [3.8, 4) is 5.75 Å². The number of amides is 1. The number of benzene rings is 1. The van der Waals surface area contributed by atoms with Gasteiger partial charge >= 0.3 is 0 Å². The number of hydrogen-bond acceptors (Lipinski definition) is 3. The van der Waals surface area contributed by atoms with Crippen molar-refractivity contribution in [2.45, 2.75) is 20.5 Å². The average molecular weight is 308 g/mol. The van der Waals surface area contributed by atoms with E-state index in [4.69, 9.17) is 20.8 Å². The topological polar surface area (TPSA) is 42.7 Å². The smallest absolute Gasteiger partial charge is 0.289 e. The number of rotatable bonds is 6. The predicted molar refractivity (Wildman–Crippen MR) is 81.7 cm³/mol. The molecule has 0 unspecified atom stereocenters. The van der Waals surface area contributed by atoms with Crippen molar-refractivity contribution in [1.29, 1.82) is 0 Å². The third-order valence-electron chi connectivity index (χ3n) is 3.13. The fraction of sp³-hybridized carbons (Fsp3) is 0.312. The first kappa shape index (κ1) is 15.4. The Bertz CT molecular complexity index is 605. The summed E-state index contributed by atoms with van der Waals surface area (Å²) in [6.45, 7) is 5.41. The summed E-state index contributed by atoms with van der Waals surface area (Å²) in [5.74, 6) is 1.40. The lowest BCUT2D eigenvalue weighted by atomic mass is 10.3. The van der Waals surface area contributed by atoms with Crippen molar-refractivity contribution in [1.82, 2.24) is 4.90 Å². The number of hydrogen-bond donors (Lipinski definition) is 0. The molecule has 112 valence electrons. The van der Waals surface area contributed by atoms with Gasteiger partial charge in [0, 0.05) is 13.1 Å². The molecule has 0 aliphatic carbocycles. The second-order valence-electron chi connectivity index (χ2n) is 4.46. The van der Waals surface area contributed by atoms with Gasteiger partial charge in [-0.25, -0.2) is 0 Å². The Morgan fingerprint density at radius 1 is 1.19 bits per heavy atom. The molecule has 0 radical (unpaired) electrons. The molecule has 4 nitrogen and oxygen atoms in total. The summed E-state index contributed by atoms with van der Waals surface area (Å²) >= 11 is 6.01. The monoisotopic (exact) mass is 307 g/mol. The zero-order valence-corrected chi connectivity index (χ0v) is 12.9. The molecular weight excluding hydrogens is 290 g/mol. The van der Waals surface area contributed by atoms with Crippen LogP contribution in [0.1, 0.15) is 30.2 Å². The largest absolute Gasteiger partial charge is 0.484 e. The highest BCUT2D eigenvalue weighted by Gasteiger charge is 2.16.